The van der Waals surface area contributed by atoms with Crippen molar-refractivity contribution in [1.29, 1.82) is 0 Å². The summed E-state index contributed by atoms with van der Waals surface area (Å²) in [7, 11) is 0. The number of nitrogens with one attached hydrogen (secondary N) is 3. The first-order valence-electron chi connectivity index (χ1n) is 6.37. The number of amides is 3. The molecule has 1 heterocycles. The van der Waals surface area contributed by atoms with Gasteiger partial charge in [-0.05, 0) is 18.8 Å². The second-order valence-electron chi connectivity index (χ2n) is 5.09. The third-order valence-corrected chi connectivity index (χ3v) is 2.98. The van der Waals surface area contributed by atoms with Crippen molar-refractivity contribution in [3.63, 3.8) is 0 Å². The van der Waals surface area contributed by atoms with Crippen molar-refractivity contribution in [2.75, 3.05) is 0 Å². The average molecular weight is 271 g/mol. The lowest BCUT2D eigenvalue weighted by molar-refractivity contribution is -0.135. The van der Waals surface area contributed by atoms with Crippen LogP contribution in [0.5, 0.6) is 0 Å². The van der Waals surface area contributed by atoms with E-state index in [1.54, 1.807) is 0 Å². The van der Waals surface area contributed by atoms with Crippen LogP contribution in [0.25, 0.3) is 0 Å². The van der Waals surface area contributed by atoms with E-state index < -0.39 is 24.2 Å². The molecule has 1 aliphatic rings. The molecular weight excluding hydrogens is 250 g/mol. The minimum atomic E-state index is -0.850. The van der Waals surface area contributed by atoms with Crippen molar-refractivity contribution in [3.05, 3.63) is 0 Å². The normalized spacial score (nSPS) is 24.6. The highest BCUT2D eigenvalue weighted by molar-refractivity contribution is 5.92. The highest BCUT2D eigenvalue weighted by atomic mass is 16.3. The first-order chi connectivity index (χ1) is 8.81. The molecule has 7 heteroatoms. The predicted molar refractivity (Wildman–Crippen MR) is 67.8 cm³/mol. The first-order valence-corrected chi connectivity index (χ1v) is 6.37. The third kappa shape index (κ3) is 4.51. The Morgan fingerprint density at radius 1 is 1.37 bits per heavy atom. The zero-order valence-corrected chi connectivity index (χ0v) is 11.4. The fourth-order valence-corrected chi connectivity index (χ4v) is 1.95. The van der Waals surface area contributed by atoms with Gasteiger partial charge in [-0.2, -0.15) is 0 Å². The summed E-state index contributed by atoms with van der Waals surface area (Å²) >= 11 is 0. The van der Waals surface area contributed by atoms with Gasteiger partial charge >= 0.3 is 0 Å². The molecule has 1 aliphatic heterocycles. The highest BCUT2D eigenvalue weighted by Crippen LogP contribution is 2.09. The fourth-order valence-electron chi connectivity index (χ4n) is 1.95. The Morgan fingerprint density at radius 2 is 2.00 bits per heavy atom. The zero-order chi connectivity index (χ0) is 14.6. The van der Waals surface area contributed by atoms with Crippen LogP contribution in [-0.2, 0) is 14.4 Å². The van der Waals surface area contributed by atoms with Gasteiger partial charge in [0.15, 0.2) is 0 Å². The maximum absolute atomic E-state index is 12.0. The van der Waals surface area contributed by atoms with Gasteiger partial charge in [-0.25, -0.2) is 0 Å². The van der Waals surface area contributed by atoms with Gasteiger partial charge in [-0.15, -0.1) is 0 Å². The van der Waals surface area contributed by atoms with Gasteiger partial charge in [0.2, 0.25) is 17.7 Å². The minimum Gasteiger partial charge on any atom is -0.374 e. The molecule has 0 aliphatic carbocycles. The van der Waals surface area contributed by atoms with Crippen molar-refractivity contribution in [2.24, 2.45) is 5.92 Å². The Labute approximate surface area is 112 Å². The number of hydrogen-bond donors (Lipinski definition) is 4. The van der Waals surface area contributed by atoms with Crippen LogP contribution in [-0.4, -0.2) is 41.1 Å². The van der Waals surface area contributed by atoms with Crippen molar-refractivity contribution >= 4 is 17.7 Å². The molecule has 0 spiro atoms. The van der Waals surface area contributed by atoms with Crippen LogP contribution in [0.4, 0.5) is 0 Å². The Balaban J connectivity index is 2.61. The lowest BCUT2D eigenvalue weighted by Gasteiger charge is -2.29. The van der Waals surface area contributed by atoms with E-state index >= 15 is 0 Å². The molecule has 0 bridgehead atoms. The van der Waals surface area contributed by atoms with E-state index in [0.29, 0.717) is 12.8 Å². The van der Waals surface area contributed by atoms with Crippen LogP contribution in [0.2, 0.25) is 0 Å². The van der Waals surface area contributed by atoms with E-state index in [-0.39, 0.29) is 17.7 Å². The van der Waals surface area contributed by atoms with Crippen LogP contribution in [0.15, 0.2) is 0 Å². The monoisotopic (exact) mass is 271 g/mol. The smallest absolute Gasteiger partial charge is 0.244 e. The number of aliphatic hydroxyl groups is 1. The molecule has 7 nitrogen and oxygen atoms in total. The standard InChI is InChI=1S/C12H21N3O4/c1-6(2)10(13-7(3)16)12(19)14-8-4-5-9(17)15-11(8)18/h6,8-10,17H,4-5H2,1-3H3,(H,13,16)(H,14,19)(H,15,18)/t8?,9?,10-/m0/s1. The molecular formula is C12H21N3O4. The molecule has 0 aromatic rings. The summed E-state index contributed by atoms with van der Waals surface area (Å²) < 4.78 is 0. The Morgan fingerprint density at radius 3 is 2.47 bits per heavy atom. The van der Waals surface area contributed by atoms with Crippen molar-refractivity contribution in [1.82, 2.24) is 16.0 Å². The summed E-state index contributed by atoms with van der Waals surface area (Å²) in [6.07, 6.45) is -0.0795. The number of hydrogen-bond acceptors (Lipinski definition) is 4. The van der Waals surface area contributed by atoms with E-state index in [4.69, 9.17) is 0 Å². The van der Waals surface area contributed by atoms with Crippen LogP contribution in [0.3, 0.4) is 0 Å². The van der Waals surface area contributed by atoms with Crippen LogP contribution in [0.1, 0.15) is 33.6 Å². The van der Waals surface area contributed by atoms with Gasteiger partial charge in [0.25, 0.3) is 0 Å². The summed E-state index contributed by atoms with van der Waals surface area (Å²) in [5, 5.41) is 16.8. The molecule has 0 aromatic carbocycles. The molecule has 1 fully saturated rings. The van der Waals surface area contributed by atoms with E-state index in [1.807, 2.05) is 13.8 Å². The third-order valence-electron chi connectivity index (χ3n) is 2.98. The first kappa shape index (κ1) is 15.4. The lowest BCUT2D eigenvalue weighted by atomic mass is 10.0. The Kier molecular flexibility index (Phi) is 5.29. The zero-order valence-electron chi connectivity index (χ0n) is 11.4. The van der Waals surface area contributed by atoms with E-state index in [9.17, 15) is 19.5 Å². The Bertz CT molecular complexity index is 370. The molecule has 1 rings (SSSR count). The maximum Gasteiger partial charge on any atom is 0.244 e. The molecule has 2 unspecified atom stereocenters. The van der Waals surface area contributed by atoms with Crippen LogP contribution in [0, 0.1) is 5.92 Å². The molecule has 0 radical (unpaired) electrons. The molecule has 1 saturated heterocycles. The summed E-state index contributed by atoms with van der Waals surface area (Å²) in [6, 6.07) is -1.33. The van der Waals surface area contributed by atoms with Crippen LogP contribution < -0.4 is 16.0 Å². The second-order valence-corrected chi connectivity index (χ2v) is 5.09. The number of carbonyl (C=O) groups is 3. The van der Waals surface area contributed by atoms with Gasteiger partial charge in [-0.1, -0.05) is 13.8 Å². The topological polar surface area (TPSA) is 108 Å². The Hall–Kier alpha value is -1.63. The van der Waals surface area contributed by atoms with E-state index in [0.717, 1.165) is 0 Å². The summed E-state index contributed by atoms with van der Waals surface area (Å²) in [5.41, 5.74) is 0. The van der Waals surface area contributed by atoms with Gasteiger partial charge < -0.3 is 21.1 Å². The lowest BCUT2D eigenvalue weighted by Crippen LogP contribution is -2.58. The quantitative estimate of drug-likeness (QED) is 0.518. The van der Waals surface area contributed by atoms with Crippen molar-refractivity contribution in [3.8, 4) is 0 Å². The molecule has 19 heavy (non-hydrogen) atoms. The van der Waals surface area contributed by atoms with E-state index in [1.165, 1.54) is 6.92 Å². The largest absolute Gasteiger partial charge is 0.374 e. The van der Waals surface area contributed by atoms with Crippen LogP contribution >= 0.6 is 0 Å². The summed E-state index contributed by atoms with van der Waals surface area (Å²) in [5.74, 6) is -1.17. The van der Waals surface area contributed by atoms with E-state index in [2.05, 4.69) is 16.0 Å². The molecule has 0 aromatic heterocycles. The van der Waals surface area contributed by atoms with Gasteiger partial charge in [0, 0.05) is 6.92 Å². The number of piperidine rings is 1. The SMILES string of the molecule is CC(=O)N[C@H](C(=O)NC1CCC(O)NC1=O)C(C)C. The second kappa shape index (κ2) is 6.51. The van der Waals surface area contributed by atoms with Gasteiger partial charge in [0.05, 0.1) is 0 Å². The number of carbonyl (C=O) groups excluding carboxylic acids is 3. The predicted octanol–water partition coefficient (Wildman–Crippen LogP) is -1.14. The summed E-state index contributed by atoms with van der Waals surface area (Å²) in [4.78, 5) is 34.7. The number of aliphatic hydroxyl groups excluding tert-OH is 1. The molecule has 4 N–H and O–H groups in total. The van der Waals surface area contributed by atoms with Gasteiger partial charge in [-0.3, -0.25) is 14.4 Å². The molecule has 3 amide bonds. The highest BCUT2D eigenvalue weighted by Gasteiger charge is 2.31. The van der Waals surface area contributed by atoms with Gasteiger partial charge in [0.1, 0.15) is 18.3 Å². The maximum atomic E-state index is 12.0. The molecule has 3 atom stereocenters. The van der Waals surface area contributed by atoms with Crippen molar-refractivity contribution < 1.29 is 19.5 Å². The molecule has 108 valence electrons. The summed E-state index contributed by atoms with van der Waals surface area (Å²) in [6.45, 7) is 4.96. The number of rotatable bonds is 4. The fraction of sp³-hybridized carbons (Fsp3) is 0.750. The molecule has 0 saturated carbocycles. The average Bonchev–Trinajstić information content (AvgIpc) is 2.29. The minimum absolute atomic E-state index is 0.0823. The van der Waals surface area contributed by atoms with Crippen molar-refractivity contribution in [2.45, 2.75) is 51.9 Å².